The molecule has 166 valence electrons. The van der Waals surface area contributed by atoms with Crippen LogP contribution in [0, 0.1) is 5.82 Å². The zero-order valence-electron chi connectivity index (χ0n) is 17.8. The number of hydrogen-bond acceptors (Lipinski definition) is 5. The van der Waals surface area contributed by atoms with Gasteiger partial charge in [-0.1, -0.05) is 18.2 Å². The van der Waals surface area contributed by atoms with Crippen molar-refractivity contribution < 1.29 is 18.8 Å². The molecule has 0 atom stereocenters. The second kappa shape index (κ2) is 8.46. The van der Waals surface area contributed by atoms with E-state index in [1.807, 2.05) is 17.0 Å². The number of nitrogens with zero attached hydrogens (tertiary/aromatic N) is 4. The molecule has 3 heterocycles. The number of amides is 3. The van der Waals surface area contributed by atoms with Crippen LogP contribution in [0.25, 0.3) is 0 Å². The van der Waals surface area contributed by atoms with Crippen LogP contribution in [0.15, 0.2) is 67.0 Å². The molecule has 5 rings (SSSR count). The molecule has 0 bridgehead atoms. The van der Waals surface area contributed by atoms with Crippen molar-refractivity contribution in [2.24, 2.45) is 0 Å². The standard InChI is InChI=1S/C25H21FN4O3/c26-19-6-1-5-18(14-19)23(31)29-12-10-28(11-13-29)21-8-2-7-20-22(21)25(33)30(24(20)32)16-17-4-3-9-27-15-17/h1-9,14-15H,10-13,16H2. The number of benzene rings is 2. The Labute approximate surface area is 190 Å². The zero-order valence-corrected chi connectivity index (χ0v) is 17.8. The van der Waals surface area contributed by atoms with Gasteiger partial charge in [-0.25, -0.2) is 4.39 Å². The molecule has 33 heavy (non-hydrogen) atoms. The number of halogens is 1. The molecular formula is C25H21FN4O3. The smallest absolute Gasteiger partial charge is 0.263 e. The fourth-order valence-corrected chi connectivity index (χ4v) is 4.35. The van der Waals surface area contributed by atoms with E-state index in [9.17, 15) is 18.8 Å². The third-order valence-corrected chi connectivity index (χ3v) is 6.02. The Balaban J connectivity index is 1.33. The van der Waals surface area contributed by atoms with Crippen LogP contribution in [0.1, 0.15) is 36.6 Å². The highest BCUT2D eigenvalue weighted by Gasteiger charge is 2.39. The molecule has 2 aromatic carbocycles. The minimum Gasteiger partial charge on any atom is -0.367 e. The molecule has 0 unspecified atom stereocenters. The van der Waals surface area contributed by atoms with Gasteiger partial charge in [0.15, 0.2) is 0 Å². The number of imide groups is 1. The first kappa shape index (κ1) is 20.8. The van der Waals surface area contributed by atoms with Gasteiger partial charge in [0.05, 0.1) is 23.4 Å². The summed E-state index contributed by atoms with van der Waals surface area (Å²) >= 11 is 0. The molecule has 3 aromatic rings. The normalized spacial score (nSPS) is 15.7. The van der Waals surface area contributed by atoms with Gasteiger partial charge in [0.25, 0.3) is 17.7 Å². The zero-order chi connectivity index (χ0) is 22.9. The Hall–Kier alpha value is -4.07. The quantitative estimate of drug-likeness (QED) is 0.579. The first-order valence-electron chi connectivity index (χ1n) is 10.7. The van der Waals surface area contributed by atoms with E-state index in [4.69, 9.17) is 0 Å². The van der Waals surface area contributed by atoms with Crippen LogP contribution in [0.2, 0.25) is 0 Å². The summed E-state index contributed by atoms with van der Waals surface area (Å²) in [5.74, 6) is -1.31. The van der Waals surface area contributed by atoms with E-state index in [1.54, 1.807) is 41.6 Å². The van der Waals surface area contributed by atoms with E-state index >= 15 is 0 Å². The van der Waals surface area contributed by atoms with E-state index < -0.39 is 5.82 Å². The number of carbonyl (C=O) groups is 3. The topological polar surface area (TPSA) is 73.8 Å². The van der Waals surface area contributed by atoms with Crippen LogP contribution < -0.4 is 4.90 Å². The largest absolute Gasteiger partial charge is 0.367 e. The van der Waals surface area contributed by atoms with Gasteiger partial charge in [-0.15, -0.1) is 0 Å². The molecule has 0 N–H and O–H groups in total. The molecule has 1 aromatic heterocycles. The summed E-state index contributed by atoms with van der Waals surface area (Å²) in [7, 11) is 0. The maximum atomic E-state index is 13.5. The van der Waals surface area contributed by atoms with Gasteiger partial charge in [-0.3, -0.25) is 24.3 Å². The summed E-state index contributed by atoms with van der Waals surface area (Å²) in [5, 5.41) is 0. The minimum atomic E-state index is -0.446. The van der Waals surface area contributed by atoms with Crippen molar-refractivity contribution in [3.63, 3.8) is 0 Å². The third-order valence-electron chi connectivity index (χ3n) is 6.02. The molecule has 3 amide bonds. The number of fused-ring (bicyclic) bond motifs is 1. The van der Waals surface area contributed by atoms with E-state index in [0.29, 0.717) is 48.6 Å². The molecular weight excluding hydrogens is 423 g/mol. The Bertz CT molecular complexity index is 1240. The van der Waals surface area contributed by atoms with E-state index in [2.05, 4.69) is 4.98 Å². The second-order valence-electron chi connectivity index (χ2n) is 8.05. The molecule has 1 saturated heterocycles. The Morgan fingerprint density at radius 2 is 1.73 bits per heavy atom. The Kier molecular flexibility index (Phi) is 5.34. The number of piperazine rings is 1. The van der Waals surface area contributed by atoms with Crippen LogP contribution in [-0.4, -0.2) is 58.7 Å². The average Bonchev–Trinajstić information content (AvgIpc) is 3.09. The van der Waals surface area contributed by atoms with Crippen LogP contribution in [0.5, 0.6) is 0 Å². The maximum Gasteiger partial charge on any atom is 0.263 e. The summed E-state index contributed by atoms with van der Waals surface area (Å²) in [6.07, 6.45) is 3.28. The highest BCUT2D eigenvalue weighted by molar-refractivity contribution is 6.23. The lowest BCUT2D eigenvalue weighted by Crippen LogP contribution is -2.49. The first-order valence-corrected chi connectivity index (χ1v) is 10.7. The third kappa shape index (κ3) is 3.84. The predicted octanol–water partition coefficient (Wildman–Crippen LogP) is 2.98. The molecule has 0 saturated carbocycles. The number of aromatic nitrogens is 1. The lowest BCUT2D eigenvalue weighted by Gasteiger charge is -2.36. The van der Waals surface area contributed by atoms with Crippen LogP contribution in [0.4, 0.5) is 10.1 Å². The van der Waals surface area contributed by atoms with Crippen molar-refractivity contribution in [1.82, 2.24) is 14.8 Å². The highest BCUT2D eigenvalue weighted by Crippen LogP contribution is 2.33. The van der Waals surface area contributed by atoms with Crippen molar-refractivity contribution >= 4 is 23.4 Å². The number of carbonyl (C=O) groups excluding carboxylic acids is 3. The monoisotopic (exact) mass is 444 g/mol. The van der Waals surface area contributed by atoms with Crippen LogP contribution in [0.3, 0.4) is 0 Å². The summed E-state index contributed by atoms with van der Waals surface area (Å²) < 4.78 is 13.5. The lowest BCUT2D eigenvalue weighted by molar-refractivity contribution is 0.0640. The van der Waals surface area contributed by atoms with E-state index in [0.717, 1.165) is 5.56 Å². The van der Waals surface area contributed by atoms with Crippen molar-refractivity contribution in [3.05, 3.63) is 95.1 Å². The highest BCUT2D eigenvalue weighted by atomic mass is 19.1. The number of pyridine rings is 1. The van der Waals surface area contributed by atoms with Crippen molar-refractivity contribution in [3.8, 4) is 0 Å². The van der Waals surface area contributed by atoms with Gasteiger partial charge < -0.3 is 9.80 Å². The maximum absolute atomic E-state index is 13.5. The molecule has 1 fully saturated rings. The molecule has 2 aliphatic heterocycles. The SMILES string of the molecule is O=C(c1cccc(F)c1)N1CCN(c2cccc3c2C(=O)N(Cc2cccnc2)C3=O)CC1. The summed E-state index contributed by atoms with van der Waals surface area (Å²) in [4.78, 5) is 47.9. The van der Waals surface area contributed by atoms with Gasteiger partial charge in [0.1, 0.15) is 5.82 Å². The van der Waals surface area contributed by atoms with Crippen molar-refractivity contribution in [1.29, 1.82) is 0 Å². The van der Waals surface area contributed by atoms with Gasteiger partial charge in [0, 0.05) is 44.1 Å². The Morgan fingerprint density at radius 1 is 0.939 bits per heavy atom. The predicted molar refractivity (Wildman–Crippen MR) is 119 cm³/mol. The second-order valence-corrected chi connectivity index (χ2v) is 8.05. The molecule has 7 nitrogen and oxygen atoms in total. The fourth-order valence-electron chi connectivity index (χ4n) is 4.35. The molecule has 0 radical (unpaired) electrons. The summed E-state index contributed by atoms with van der Waals surface area (Å²) in [6.45, 7) is 2.03. The van der Waals surface area contributed by atoms with Gasteiger partial charge in [0.2, 0.25) is 0 Å². The van der Waals surface area contributed by atoms with Crippen LogP contribution >= 0.6 is 0 Å². The fraction of sp³-hybridized carbons (Fsp3) is 0.200. The number of rotatable bonds is 4. The average molecular weight is 444 g/mol. The first-order chi connectivity index (χ1) is 16.0. The summed E-state index contributed by atoms with van der Waals surface area (Å²) in [6, 6.07) is 14.5. The molecule has 0 aliphatic carbocycles. The van der Waals surface area contributed by atoms with E-state index in [1.165, 1.54) is 23.1 Å². The Morgan fingerprint density at radius 3 is 2.45 bits per heavy atom. The van der Waals surface area contributed by atoms with Gasteiger partial charge >= 0.3 is 0 Å². The minimum absolute atomic E-state index is 0.162. The summed E-state index contributed by atoms with van der Waals surface area (Å²) in [5.41, 5.74) is 2.57. The number of anilines is 1. The van der Waals surface area contributed by atoms with Crippen molar-refractivity contribution in [2.45, 2.75) is 6.54 Å². The van der Waals surface area contributed by atoms with Gasteiger partial charge in [-0.05, 0) is 42.0 Å². The molecule has 8 heteroatoms. The molecule has 0 spiro atoms. The molecule has 2 aliphatic rings. The van der Waals surface area contributed by atoms with Gasteiger partial charge in [-0.2, -0.15) is 0 Å². The van der Waals surface area contributed by atoms with Crippen molar-refractivity contribution in [2.75, 3.05) is 31.1 Å². The lowest BCUT2D eigenvalue weighted by atomic mass is 10.1. The van der Waals surface area contributed by atoms with Crippen LogP contribution in [-0.2, 0) is 6.54 Å². The van der Waals surface area contributed by atoms with E-state index in [-0.39, 0.29) is 24.3 Å². The number of hydrogen-bond donors (Lipinski definition) is 0.